The molecule has 3 atom stereocenters. The highest BCUT2D eigenvalue weighted by molar-refractivity contribution is 5.80. The highest BCUT2D eigenvalue weighted by Crippen LogP contribution is 2.40. The SMILES string of the molecule is CC(C(=O)N1Cc2nc(NC3CCOCC3)ncc2C1(C)C)C(C)C1CCCN(Cc2ccccc2F)C1. The molecule has 3 aliphatic heterocycles. The van der Waals surface area contributed by atoms with Crippen molar-refractivity contribution in [2.24, 2.45) is 17.8 Å². The molecule has 1 aromatic carbocycles. The van der Waals surface area contributed by atoms with E-state index < -0.39 is 5.54 Å². The zero-order valence-electron chi connectivity index (χ0n) is 23.3. The van der Waals surface area contributed by atoms with Crippen molar-refractivity contribution < 1.29 is 13.9 Å². The first-order valence-corrected chi connectivity index (χ1v) is 14.2. The average Bonchev–Trinajstić information content (AvgIpc) is 3.19. The molecule has 3 aliphatic rings. The molecule has 38 heavy (non-hydrogen) atoms. The topological polar surface area (TPSA) is 70.6 Å². The minimum Gasteiger partial charge on any atom is -0.381 e. The second-order valence-electron chi connectivity index (χ2n) is 11.9. The van der Waals surface area contributed by atoms with E-state index in [2.05, 4.69) is 42.9 Å². The molecule has 0 radical (unpaired) electrons. The van der Waals surface area contributed by atoms with Crippen LogP contribution < -0.4 is 5.32 Å². The van der Waals surface area contributed by atoms with Crippen LogP contribution in [-0.2, 0) is 28.2 Å². The lowest BCUT2D eigenvalue weighted by molar-refractivity contribution is -0.143. The van der Waals surface area contributed by atoms with E-state index in [-0.39, 0.29) is 23.6 Å². The maximum atomic E-state index is 14.2. The molecule has 7 nitrogen and oxygen atoms in total. The lowest BCUT2D eigenvalue weighted by Crippen LogP contribution is -2.46. The van der Waals surface area contributed by atoms with E-state index in [1.54, 1.807) is 6.07 Å². The largest absolute Gasteiger partial charge is 0.381 e. The second-order valence-corrected chi connectivity index (χ2v) is 11.9. The number of carbonyl (C=O) groups is 1. The van der Waals surface area contributed by atoms with Crippen LogP contribution in [0, 0.1) is 23.6 Å². The van der Waals surface area contributed by atoms with Crippen LogP contribution in [0.4, 0.5) is 10.3 Å². The normalized spacial score (nSPS) is 23.6. The van der Waals surface area contributed by atoms with Gasteiger partial charge in [0.2, 0.25) is 11.9 Å². The van der Waals surface area contributed by atoms with Gasteiger partial charge in [0, 0.05) is 55.6 Å². The molecule has 1 amide bonds. The van der Waals surface area contributed by atoms with E-state index in [1.807, 2.05) is 23.2 Å². The summed E-state index contributed by atoms with van der Waals surface area (Å²) >= 11 is 0. The van der Waals surface area contributed by atoms with Crippen molar-refractivity contribution in [3.8, 4) is 0 Å². The maximum absolute atomic E-state index is 14.2. The fourth-order valence-corrected chi connectivity index (χ4v) is 6.40. The summed E-state index contributed by atoms with van der Waals surface area (Å²) in [5, 5.41) is 3.46. The molecule has 1 N–H and O–H groups in total. The Morgan fingerprint density at radius 3 is 2.74 bits per heavy atom. The fourth-order valence-electron chi connectivity index (χ4n) is 6.40. The van der Waals surface area contributed by atoms with E-state index in [4.69, 9.17) is 9.72 Å². The molecule has 0 bridgehead atoms. The van der Waals surface area contributed by atoms with Crippen LogP contribution in [0.1, 0.15) is 70.2 Å². The van der Waals surface area contributed by atoms with Crippen molar-refractivity contribution >= 4 is 11.9 Å². The number of hydrogen-bond donors (Lipinski definition) is 1. The summed E-state index contributed by atoms with van der Waals surface area (Å²) in [6.07, 6.45) is 5.97. The molecular weight excluding hydrogens is 481 g/mol. The molecule has 2 aromatic rings. The number of likely N-dealkylation sites (tertiary alicyclic amines) is 1. The zero-order valence-corrected chi connectivity index (χ0v) is 23.3. The minimum absolute atomic E-state index is 0.116. The third-order valence-electron chi connectivity index (χ3n) is 9.15. The minimum atomic E-state index is -0.457. The van der Waals surface area contributed by atoms with Crippen LogP contribution >= 0.6 is 0 Å². The van der Waals surface area contributed by atoms with Crippen molar-refractivity contribution in [2.45, 2.75) is 78.0 Å². The summed E-state index contributed by atoms with van der Waals surface area (Å²) in [6.45, 7) is 13.0. The van der Waals surface area contributed by atoms with Gasteiger partial charge >= 0.3 is 0 Å². The molecule has 0 aliphatic carbocycles. The smallest absolute Gasteiger partial charge is 0.226 e. The van der Waals surface area contributed by atoms with Crippen LogP contribution in [0.5, 0.6) is 0 Å². The Morgan fingerprint density at radius 1 is 1.21 bits per heavy atom. The number of nitrogens with one attached hydrogen (secondary N) is 1. The Morgan fingerprint density at radius 2 is 1.97 bits per heavy atom. The van der Waals surface area contributed by atoms with Crippen molar-refractivity contribution in [3.63, 3.8) is 0 Å². The van der Waals surface area contributed by atoms with E-state index in [1.165, 1.54) is 6.07 Å². The quantitative estimate of drug-likeness (QED) is 0.553. The maximum Gasteiger partial charge on any atom is 0.226 e. The number of hydrogen-bond acceptors (Lipinski definition) is 6. The summed E-state index contributed by atoms with van der Waals surface area (Å²) < 4.78 is 19.7. The Kier molecular flexibility index (Phi) is 8.00. The summed E-state index contributed by atoms with van der Waals surface area (Å²) in [6, 6.07) is 7.36. The predicted octanol–water partition coefficient (Wildman–Crippen LogP) is 4.97. The van der Waals surface area contributed by atoms with Gasteiger partial charge in [-0.3, -0.25) is 9.69 Å². The third kappa shape index (κ3) is 5.57. The number of anilines is 1. The highest BCUT2D eigenvalue weighted by atomic mass is 19.1. The van der Waals surface area contributed by atoms with Crippen LogP contribution in [0.3, 0.4) is 0 Å². The molecule has 4 heterocycles. The third-order valence-corrected chi connectivity index (χ3v) is 9.15. The van der Waals surface area contributed by atoms with Gasteiger partial charge in [-0.15, -0.1) is 0 Å². The van der Waals surface area contributed by atoms with Crippen molar-refractivity contribution in [1.82, 2.24) is 19.8 Å². The Hall–Kier alpha value is -2.58. The molecule has 5 rings (SSSR count). The van der Waals surface area contributed by atoms with Crippen molar-refractivity contribution in [2.75, 3.05) is 31.6 Å². The van der Waals surface area contributed by atoms with Crippen LogP contribution in [0.25, 0.3) is 0 Å². The number of rotatable bonds is 7. The Bertz CT molecular complexity index is 1140. The number of halogens is 1. The van der Waals surface area contributed by atoms with Gasteiger partial charge < -0.3 is 15.0 Å². The van der Waals surface area contributed by atoms with Gasteiger partial charge in [-0.1, -0.05) is 32.0 Å². The highest BCUT2D eigenvalue weighted by Gasteiger charge is 2.44. The fraction of sp³-hybridized carbons (Fsp3) is 0.633. The van der Waals surface area contributed by atoms with Gasteiger partial charge in [0.15, 0.2) is 0 Å². The van der Waals surface area contributed by atoms with Gasteiger partial charge in [-0.2, -0.15) is 0 Å². The van der Waals surface area contributed by atoms with Gasteiger partial charge in [-0.25, -0.2) is 14.4 Å². The Labute approximate surface area is 226 Å². The summed E-state index contributed by atoms with van der Waals surface area (Å²) in [4.78, 5) is 27.7. The first-order chi connectivity index (χ1) is 18.2. The molecule has 2 fully saturated rings. The number of aromatic nitrogens is 2. The first-order valence-electron chi connectivity index (χ1n) is 14.2. The molecule has 3 unspecified atom stereocenters. The van der Waals surface area contributed by atoms with Crippen LogP contribution in [-0.4, -0.2) is 58.0 Å². The number of amides is 1. The first kappa shape index (κ1) is 27.0. The molecule has 2 saturated heterocycles. The lowest BCUT2D eigenvalue weighted by atomic mass is 9.78. The summed E-state index contributed by atoms with van der Waals surface area (Å²) in [5.41, 5.74) is 2.24. The van der Waals surface area contributed by atoms with Crippen molar-refractivity contribution in [3.05, 3.63) is 53.1 Å². The van der Waals surface area contributed by atoms with Crippen molar-refractivity contribution in [1.29, 1.82) is 0 Å². The standard InChI is InChI=1S/C30H42FN5O2/c1-20(22-9-7-13-35(17-22)18-23-8-5-6-10-26(23)31)21(2)28(37)36-19-27-25(30(36,3)4)16-32-29(34-27)33-24-11-14-38-15-12-24/h5-6,8,10,16,20-22,24H,7,9,11-15,17-19H2,1-4H3,(H,32,33,34). The number of benzene rings is 1. The van der Waals surface area contributed by atoms with E-state index in [9.17, 15) is 9.18 Å². The molecule has 1 aromatic heterocycles. The number of nitrogens with zero attached hydrogens (tertiary/aromatic N) is 4. The molecule has 8 heteroatoms. The van der Waals surface area contributed by atoms with Gasteiger partial charge in [0.25, 0.3) is 0 Å². The van der Waals surface area contributed by atoms with Crippen LogP contribution in [0.15, 0.2) is 30.5 Å². The molecule has 0 saturated carbocycles. The van der Waals surface area contributed by atoms with Gasteiger partial charge in [-0.05, 0) is 64.0 Å². The monoisotopic (exact) mass is 523 g/mol. The average molecular weight is 524 g/mol. The Balaban J connectivity index is 1.23. The van der Waals surface area contributed by atoms with E-state index >= 15 is 0 Å². The lowest BCUT2D eigenvalue weighted by Gasteiger charge is -2.40. The van der Waals surface area contributed by atoms with Crippen LogP contribution in [0.2, 0.25) is 0 Å². The zero-order chi connectivity index (χ0) is 26.9. The summed E-state index contributed by atoms with van der Waals surface area (Å²) in [7, 11) is 0. The van der Waals surface area contributed by atoms with E-state index in [0.29, 0.717) is 31.0 Å². The number of fused-ring (bicyclic) bond motifs is 1. The molecule has 0 spiro atoms. The van der Waals surface area contributed by atoms with Gasteiger partial charge in [0.1, 0.15) is 5.82 Å². The second kappa shape index (κ2) is 11.3. The number of ether oxygens (including phenoxy) is 1. The summed E-state index contributed by atoms with van der Waals surface area (Å²) in [5.74, 6) is 1.18. The number of piperidine rings is 1. The number of carbonyl (C=O) groups excluding carboxylic acids is 1. The van der Waals surface area contributed by atoms with E-state index in [0.717, 1.165) is 68.8 Å². The van der Waals surface area contributed by atoms with Gasteiger partial charge in [0.05, 0.1) is 17.8 Å². The molecule has 206 valence electrons. The molecular formula is C30H42FN5O2. The predicted molar refractivity (Wildman–Crippen MR) is 146 cm³/mol.